The van der Waals surface area contributed by atoms with Crippen LogP contribution in [0.1, 0.15) is 124 Å². The van der Waals surface area contributed by atoms with Crippen molar-refractivity contribution in [3.05, 3.63) is 12.7 Å². The Balaban J connectivity index is 0. The molecule has 0 aliphatic heterocycles. The number of hydrogen-bond donors (Lipinski definition) is 1. The van der Waals surface area contributed by atoms with Gasteiger partial charge in [-0.2, -0.15) is 0 Å². The van der Waals surface area contributed by atoms with Crippen molar-refractivity contribution in [3.63, 3.8) is 0 Å². The monoisotopic (exact) mass is 470 g/mol. The van der Waals surface area contributed by atoms with Gasteiger partial charge in [-0.25, -0.2) is 4.79 Å². The molecule has 0 aromatic heterocycles. The van der Waals surface area contributed by atoms with E-state index in [4.69, 9.17) is 14.6 Å². The van der Waals surface area contributed by atoms with Gasteiger partial charge < -0.3 is 14.6 Å². The Morgan fingerprint density at radius 1 is 0.727 bits per heavy atom. The summed E-state index contributed by atoms with van der Waals surface area (Å²) in [5.41, 5.74) is 0. The number of hydrogen-bond acceptors (Lipinski definition) is 5. The van der Waals surface area contributed by atoms with Crippen molar-refractivity contribution < 1.29 is 29.0 Å². The number of carbonyl (C=O) groups is 3. The summed E-state index contributed by atoms with van der Waals surface area (Å²) in [4.78, 5) is 32.6. The predicted molar refractivity (Wildman–Crippen MR) is 134 cm³/mol. The molecule has 0 radical (unpaired) electrons. The van der Waals surface area contributed by atoms with E-state index >= 15 is 0 Å². The Bertz CT molecular complexity index is 487. The molecule has 0 spiro atoms. The Hall–Kier alpha value is -1.85. The molecule has 0 aromatic rings. The standard InChI is InChI=1S/C24H46O4.C3H4O2/c1-4-5-6-7-8-9-10-15-20-27-23(25)18-13-14-19-24(26)28-21-16-11-12-17-22(2)3;1-2-3(4)5/h22H,4-21H2,1-3H3;2H,1H2,(H,4,5). The number of esters is 2. The van der Waals surface area contributed by atoms with Crippen LogP contribution in [0.15, 0.2) is 12.7 Å². The van der Waals surface area contributed by atoms with Crippen LogP contribution in [0, 0.1) is 5.92 Å². The highest BCUT2D eigenvalue weighted by Crippen LogP contribution is 2.10. The maximum absolute atomic E-state index is 11.7. The third-order valence-electron chi connectivity index (χ3n) is 5.14. The van der Waals surface area contributed by atoms with Crippen LogP contribution >= 0.6 is 0 Å². The lowest BCUT2D eigenvalue weighted by atomic mass is 10.1. The normalized spacial score (nSPS) is 10.3. The fraction of sp³-hybridized carbons (Fsp3) is 0.815. The Morgan fingerprint density at radius 3 is 1.52 bits per heavy atom. The number of carboxylic acids is 1. The minimum absolute atomic E-state index is 0.138. The molecule has 0 fully saturated rings. The third kappa shape index (κ3) is 32.4. The first kappa shape index (κ1) is 33.3. The van der Waals surface area contributed by atoms with Crippen LogP contribution in [-0.4, -0.2) is 36.2 Å². The molecule has 194 valence electrons. The van der Waals surface area contributed by atoms with Gasteiger partial charge in [-0.3, -0.25) is 9.59 Å². The van der Waals surface area contributed by atoms with E-state index in [9.17, 15) is 14.4 Å². The molecular formula is C27H50O6. The average molecular weight is 471 g/mol. The lowest BCUT2D eigenvalue weighted by Gasteiger charge is -2.07. The van der Waals surface area contributed by atoms with E-state index < -0.39 is 5.97 Å². The van der Waals surface area contributed by atoms with Gasteiger partial charge in [0.25, 0.3) is 0 Å². The number of rotatable bonds is 21. The smallest absolute Gasteiger partial charge is 0.327 e. The lowest BCUT2D eigenvalue weighted by molar-refractivity contribution is -0.146. The SMILES string of the molecule is C=CC(=O)O.CCCCCCCCCCOC(=O)CCCCC(=O)OCCCCCC(C)C. The summed E-state index contributed by atoms with van der Waals surface area (Å²) in [5.74, 6) is -0.516. The lowest BCUT2D eigenvalue weighted by Crippen LogP contribution is -2.08. The zero-order chi connectivity index (χ0) is 25.2. The second kappa shape index (κ2) is 26.4. The highest BCUT2D eigenvalue weighted by Gasteiger charge is 2.06. The molecule has 0 aliphatic carbocycles. The summed E-state index contributed by atoms with van der Waals surface area (Å²) in [7, 11) is 0. The van der Waals surface area contributed by atoms with Crippen molar-refractivity contribution in [2.75, 3.05) is 13.2 Å². The van der Waals surface area contributed by atoms with Crippen molar-refractivity contribution in [2.45, 2.75) is 124 Å². The topological polar surface area (TPSA) is 89.9 Å². The first-order valence-corrected chi connectivity index (χ1v) is 13.0. The Labute approximate surface area is 202 Å². The van der Waals surface area contributed by atoms with Gasteiger partial charge in [0.1, 0.15) is 0 Å². The zero-order valence-corrected chi connectivity index (χ0v) is 21.6. The molecule has 1 N–H and O–H groups in total. The van der Waals surface area contributed by atoms with Crippen molar-refractivity contribution >= 4 is 17.9 Å². The molecule has 0 saturated heterocycles. The van der Waals surface area contributed by atoms with E-state index in [2.05, 4.69) is 27.4 Å². The quantitative estimate of drug-likeness (QED) is 0.108. The minimum atomic E-state index is -0.981. The summed E-state index contributed by atoms with van der Waals surface area (Å²) in [6, 6.07) is 0. The van der Waals surface area contributed by atoms with Crippen LogP contribution in [0.5, 0.6) is 0 Å². The predicted octanol–water partition coefficient (Wildman–Crippen LogP) is 7.25. The molecular weight excluding hydrogens is 420 g/mol. The molecule has 0 aliphatic rings. The highest BCUT2D eigenvalue weighted by molar-refractivity contribution is 5.78. The first-order chi connectivity index (χ1) is 15.8. The molecule has 33 heavy (non-hydrogen) atoms. The maximum Gasteiger partial charge on any atom is 0.327 e. The van der Waals surface area contributed by atoms with Crippen LogP contribution in [0.2, 0.25) is 0 Å². The maximum atomic E-state index is 11.7. The number of ether oxygens (including phenoxy) is 2. The molecule has 0 amide bonds. The van der Waals surface area contributed by atoms with E-state index in [1.54, 1.807) is 0 Å². The fourth-order valence-corrected chi connectivity index (χ4v) is 3.12. The van der Waals surface area contributed by atoms with Crippen molar-refractivity contribution in [3.8, 4) is 0 Å². The van der Waals surface area contributed by atoms with Crippen LogP contribution in [0.3, 0.4) is 0 Å². The third-order valence-corrected chi connectivity index (χ3v) is 5.14. The summed E-state index contributed by atoms with van der Waals surface area (Å²) < 4.78 is 10.5. The van der Waals surface area contributed by atoms with E-state index in [0.29, 0.717) is 38.9 Å². The van der Waals surface area contributed by atoms with Gasteiger partial charge in [0.15, 0.2) is 0 Å². The van der Waals surface area contributed by atoms with Gasteiger partial charge in [0.05, 0.1) is 13.2 Å². The summed E-state index contributed by atoms with van der Waals surface area (Å²) in [6.45, 7) is 10.7. The van der Waals surface area contributed by atoms with E-state index in [1.165, 1.54) is 51.4 Å². The van der Waals surface area contributed by atoms with Gasteiger partial charge in [-0.05, 0) is 31.6 Å². The number of unbranched alkanes of at least 4 members (excludes halogenated alkanes) is 10. The molecule has 0 aromatic carbocycles. The largest absolute Gasteiger partial charge is 0.478 e. The van der Waals surface area contributed by atoms with Gasteiger partial charge in [-0.1, -0.05) is 91.6 Å². The van der Waals surface area contributed by atoms with E-state index in [0.717, 1.165) is 37.7 Å². The molecule has 0 atom stereocenters. The molecule has 6 nitrogen and oxygen atoms in total. The molecule has 0 unspecified atom stereocenters. The summed E-state index contributed by atoms with van der Waals surface area (Å²) in [5, 5.41) is 7.60. The molecule has 6 heteroatoms. The van der Waals surface area contributed by atoms with Crippen LogP contribution < -0.4 is 0 Å². The Kier molecular flexibility index (Phi) is 26.7. The second-order valence-electron chi connectivity index (χ2n) is 8.91. The van der Waals surface area contributed by atoms with Gasteiger partial charge in [-0.15, -0.1) is 0 Å². The van der Waals surface area contributed by atoms with Crippen LogP contribution in [0.4, 0.5) is 0 Å². The van der Waals surface area contributed by atoms with Crippen molar-refractivity contribution in [1.29, 1.82) is 0 Å². The van der Waals surface area contributed by atoms with E-state index in [-0.39, 0.29) is 11.9 Å². The van der Waals surface area contributed by atoms with Crippen LogP contribution in [0.25, 0.3) is 0 Å². The van der Waals surface area contributed by atoms with Gasteiger partial charge in [0.2, 0.25) is 0 Å². The number of carbonyl (C=O) groups excluding carboxylic acids is 2. The van der Waals surface area contributed by atoms with E-state index in [1.807, 2.05) is 0 Å². The van der Waals surface area contributed by atoms with Gasteiger partial charge in [0, 0.05) is 18.9 Å². The highest BCUT2D eigenvalue weighted by atomic mass is 16.5. The van der Waals surface area contributed by atoms with Crippen molar-refractivity contribution in [2.24, 2.45) is 5.92 Å². The number of carboxylic acid groups (broad SMARTS) is 1. The summed E-state index contributed by atoms with van der Waals surface area (Å²) in [6.07, 6.45) is 17.5. The molecule has 0 bridgehead atoms. The van der Waals surface area contributed by atoms with Gasteiger partial charge >= 0.3 is 17.9 Å². The zero-order valence-electron chi connectivity index (χ0n) is 21.6. The molecule has 0 rings (SSSR count). The fourth-order valence-electron chi connectivity index (χ4n) is 3.12. The second-order valence-corrected chi connectivity index (χ2v) is 8.91. The molecule has 0 heterocycles. The minimum Gasteiger partial charge on any atom is -0.478 e. The number of aliphatic carboxylic acids is 1. The average Bonchev–Trinajstić information content (AvgIpc) is 2.78. The summed E-state index contributed by atoms with van der Waals surface area (Å²) >= 11 is 0. The van der Waals surface area contributed by atoms with Crippen molar-refractivity contribution in [1.82, 2.24) is 0 Å². The molecule has 0 saturated carbocycles. The first-order valence-electron chi connectivity index (χ1n) is 13.0. The Morgan fingerprint density at radius 2 is 1.12 bits per heavy atom. The van der Waals surface area contributed by atoms with Crippen LogP contribution in [-0.2, 0) is 23.9 Å².